The molecule has 21 heavy (non-hydrogen) atoms. The predicted octanol–water partition coefficient (Wildman–Crippen LogP) is 3.42. The Morgan fingerprint density at radius 3 is 2.48 bits per heavy atom. The lowest BCUT2D eigenvalue weighted by Crippen LogP contribution is -2.27. The van der Waals surface area contributed by atoms with Crippen molar-refractivity contribution in [2.24, 2.45) is 0 Å². The van der Waals surface area contributed by atoms with Crippen LogP contribution in [0.15, 0.2) is 18.2 Å². The van der Waals surface area contributed by atoms with Gasteiger partial charge in [-0.15, -0.1) is 0 Å². The number of hydrogen-bond donors (Lipinski definition) is 1. The molecule has 1 amide bonds. The maximum atomic E-state index is 14.1. The molecule has 0 aliphatic rings. The lowest BCUT2D eigenvalue weighted by atomic mass is 10.2. The fraction of sp³-hybridized carbons (Fsp3) is 0.562. The third kappa shape index (κ3) is 5.71. The van der Waals surface area contributed by atoms with Crippen LogP contribution in [0, 0.1) is 5.82 Å². The molecule has 118 valence electrons. The maximum Gasteiger partial charge on any atom is 0.250 e. The standard InChI is InChI=1S/C16H25FN2O2/c1-11(2)19(6)14-8-7-12(9-13(14)17)18-15(20)10-21-16(3,4)5/h7-9,11H,10H2,1-6H3,(H,18,20). The van der Waals surface area contributed by atoms with E-state index >= 15 is 0 Å². The van der Waals surface area contributed by atoms with Crippen LogP contribution in [0.4, 0.5) is 15.8 Å². The summed E-state index contributed by atoms with van der Waals surface area (Å²) in [5.74, 6) is -0.657. The van der Waals surface area contributed by atoms with E-state index in [-0.39, 0.29) is 30.0 Å². The molecular formula is C16H25FN2O2. The van der Waals surface area contributed by atoms with Gasteiger partial charge in [-0.3, -0.25) is 4.79 Å². The molecule has 0 aliphatic carbocycles. The number of carbonyl (C=O) groups is 1. The first-order valence-electron chi connectivity index (χ1n) is 7.06. The van der Waals surface area contributed by atoms with Gasteiger partial charge in [-0.05, 0) is 52.8 Å². The van der Waals surface area contributed by atoms with Crippen molar-refractivity contribution in [1.82, 2.24) is 0 Å². The van der Waals surface area contributed by atoms with Crippen LogP contribution in [0.1, 0.15) is 34.6 Å². The molecule has 0 aromatic heterocycles. The van der Waals surface area contributed by atoms with Gasteiger partial charge in [-0.2, -0.15) is 0 Å². The fourth-order valence-electron chi connectivity index (χ4n) is 1.63. The van der Waals surface area contributed by atoms with E-state index < -0.39 is 0 Å². The average Bonchev–Trinajstić information content (AvgIpc) is 2.35. The third-order valence-electron chi connectivity index (χ3n) is 3.02. The van der Waals surface area contributed by atoms with Crippen LogP contribution in [-0.2, 0) is 9.53 Å². The topological polar surface area (TPSA) is 41.6 Å². The summed E-state index contributed by atoms with van der Waals surface area (Å²) < 4.78 is 19.4. The van der Waals surface area contributed by atoms with Gasteiger partial charge < -0.3 is 15.0 Å². The van der Waals surface area contributed by atoms with Gasteiger partial charge in [0.1, 0.15) is 12.4 Å². The second kappa shape index (κ2) is 6.89. The molecule has 0 spiro atoms. The minimum Gasteiger partial charge on any atom is -0.370 e. The van der Waals surface area contributed by atoms with Crippen LogP contribution in [0.3, 0.4) is 0 Å². The highest BCUT2D eigenvalue weighted by Crippen LogP contribution is 2.23. The number of ether oxygens (including phenoxy) is 1. The van der Waals surface area contributed by atoms with Crippen molar-refractivity contribution in [2.75, 3.05) is 23.9 Å². The van der Waals surface area contributed by atoms with Crippen LogP contribution in [0.25, 0.3) is 0 Å². The number of halogens is 1. The number of anilines is 2. The zero-order valence-corrected chi connectivity index (χ0v) is 13.7. The number of nitrogens with one attached hydrogen (secondary N) is 1. The van der Waals surface area contributed by atoms with Gasteiger partial charge in [-0.25, -0.2) is 4.39 Å². The van der Waals surface area contributed by atoms with Crippen molar-refractivity contribution in [1.29, 1.82) is 0 Å². The molecule has 4 nitrogen and oxygen atoms in total. The quantitative estimate of drug-likeness (QED) is 0.905. The van der Waals surface area contributed by atoms with Crippen LogP contribution >= 0.6 is 0 Å². The first kappa shape index (κ1) is 17.4. The molecule has 1 aromatic rings. The molecule has 1 aromatic carbocycles. The number of carbonyl (C=O) groups excluding carboxylic acids is 1. The Morgan fingerprint density at radius 2 is 2.00 bits per heavy atom. The predicted molar refractivity (Wildman–Crippen MR) is 84.3 cm³/mol. The molecule has 1 rings (SSSR count). The number of nitrogens with zero attached hydrogens (tertiary/aromatic N) is 1. The second-order valence-corrected chi connectivity index (χ2v) is 6.32. The molecule has 0 saturated carbocycles. The molecule has 0 fully saturated rings. The smallest absolute Gasteiger partial charge is 0.250 e. The van der Waals surface area contributed by atoms with Crippen LogP contribution < -0.4 is 10.2 Å². The molecule has 0 saturated heterocycles. The highest BCUT2D eigenvalue weighted by molar-refractivity contribution is 5.91. The normalized spacial score (nSPS) is 11.6. The summed E-state index contributed by atoms with van der Waals surface area (Å²) in [6, 6.07) is 4.87. The van der Waals surface area contributed by atoms with Gasteiger partial charge >= 0.3 is 0 Å². The minimum atomic E-state index is -0.383. The lowest BCUT2D eigenvalue weighted by molar-refractivity contribution is -0.125. The first-order chi connectivity index (χ1) is 9.60. The van der Waals surface area contributed by atoms with Crippen molar-refractivity contribution in [3.05, 3.63) is 24.0 Å². The van der Waals surface area contributed by atoms with E-state index in [1.54, 1.807) is 12.1 Å². The minimum absolute atomic E-state index is 0.0568. The molecule has 0 heterocycles. The van der Waals surface area contributed by atoms with Gasteiger partial charge in [0, 0.05) is 18.8 Å². The Bertz CT molecular complexity index is 496. The van der Waals surface area contributed by atoms with E-state index in [9.17, 15) is 9.18 Å². The second-order valence-electron chi connectivity index (χ2n) is 6.32. The zero-order valence-electron chi connectivity index (χ0n) is 13.7. The molecule has 0 aliphatic heterocycles. The monoisotopic (exact) mass is 296 g/mol. The SMILES string of the molecule is CC(C)N(C)c1ccc(NC(=O)COC(C)(C)C)cc1F. The summed E-state index contributed by atoms with van der Waals surface area (Å²) in [6.45, 7) is 9.53. The Kier molecular flexibility index (Phi) is 5.72. The van der Waals surface area contributed by atoms with Crippen LogP contribution in [0.5, 0.6) is 0 Å². The molecule has 0 radical (unpaired) electrons. The largest absolute Gasteiger partial charge is 0.370 e. The summed E-state index contributed by atoms with van der Waals surface area (Å²) in [7, 11) is 1.83. The number of rotatable bonds is 5. The van der Waals surface area contributed by atoms with E-state index in [1.165, 1.54) is 6.07 Å². The number of hydrogen-bond acceptors (Lipinski definition) is 3. The number of benzene rings is 1. The Balaban J connectivity index is 2.70. The summed E-state index contributed by atoms with van der Waals surface area (Å²) in [5.41, 5.74) is 0.553. The summed E-state index contributed by atoms with van der Waals surface area (Å²) >= 11 is 0. The van der Waals surface area contributed by atoms with Crippen molar-refractivity contribution < 1.29 is 13.9 Å². The Hall–Kier alpha value is -1.62. The zero-order chi connectivity index (χ0) is 16.2. The van der Waals surface area contributed by atoms with Crippen molar-refractivity contribution in [2.45, 2.75) is 46.3 Å². The van der Waals surface area contributed by atoms with Crippen molar-refractivity contribution >= 4 is 17.3 Å². The van der Waals surface area contributed by atoms with E-state index in [4.69, 9.17) is 4.74 Å². The molecule has 0 atom stereocenters. The molecule has 0 bridgehead atoms. The van der Waals surface area contributed by atoms with E-state index in [1.807, 2.05) is 46.6 Å². The van der Waals surface area contributed by atoms with E-state index in [2.05, 4.69) is 5.32 Å². The van der Waals surface area contributed by atoms with Crippen molar-refractivity contribution in [3.8, 4) is 0 Å². The van der Waals surface area contributed by atoms with Crippen molar-refractivity contribution in [3.63, 3.8) is 0 Å². The third-order valence-corrected chi connectivity index (χ3v) is 3.02. The first-order valence-corrected chi connectivity index (χ1v) is 7.06. The van der Waals surface area contributed by atoms with Crippen LogP contribution in [-0.4, -0.2) is 31.2 Å². The Labute approximate surface area is 126 Å². The molecule has 1 N–H and O–H groups in total. The summed E-state index contributed by atoms with van der Waals surface area (Å²) in [5, 5.41) is 2.63. The Morgan fingerprint density at radius 1 is 1.38 bits per heavy atom. The molecular weight excluding hydrogens is 271 g/mol. The van der Waals surface area contributed by atoms with Crippen LogP contribution in [0.2, 0.25) is 0 Å². The summed E-state index contributed by atoms with van der Waals surface area (Å²) in [6.07, 6.45) is 0. The highest BCUT2D eigenvalue weighted by atomic mass is 19.1. The van der Waals surface area contributed by atoms with E-state index in [0.717, 1.165) is 0 Å². The van der Waals surface area contributed by atoms with Gasteiger partial charge in [0.05, 0.1) is 11.3 Å². The number of amides is 1. The molecule has 0 unspecified atom stereocenters. The van der Waals surface area contributed by atoms with Gasteiger partial charge in [0.25, 0.3) is 0 Å². The highest BCUT2D eigenvalue weighted by Gasteiger charge is 2.14. The van der Waals surface area contributed by atoms with Gasteiger partial charge in [0.2, 0.25) is 5.91 Å². The average molecular weight is 296 g/mol. The van der Waals surface area contributed by atoms with E-state index in [0.29, 0.717) is 11.4 Å². The lowest BCUT2D eigenvalue weighted by Gasteiger charge is -2.24. The summed E-state index contributed by atoms with van der Waals surface area (Å²) in [4.78, 5) is 13.6. The van der Waals surface area contributed by atoms with Gasteiger partial charge in [0.15, 0.2) is 0 Å². The maximum absolute atomic E-state index is 14.1. The van der Waals surface area contributed by atoms with Gasteiger partial charge in [-0.1, -0.05) is 0 Å². The molecule has 5 heteroatoms. The fourth-order valence-corrected chi connectivity index (χ4v) is 1.63.